The maximum atomic E-state index is 13.9. The Morgan fingerprint density at radius 2 is 1.57 bits per heavy atom. The molecule has 0 heterocycles. The first-order valence-corrected chi connectivity index (χ1v) is 14.9. The molecule has 3 aromatic carbocycles. The van der Waals surface area contributed by atoms with Crippen LogP contribution in [-0.2, 0) is 26.2 Å². The van der Waals surface area contributed by atoms with E-state index in [9.17, 15) is 18.0 Å². The van der Waals surface area contributed by atoms with Gasteiger partial charge in [-0.15, -0.1) is 0 Å². The summed E-state index contributed by atoms with van der Waals surface area (Å²) in [5.74, 6) is -0.196. The van der Waals surface area contributed by atoms with Gasteiger partial charge in [0.15, 0.2) is 0 Å². The van der Waals surface area contributed by atoms with Crippen molar-refractivity contribution in [1.82, 2.24) is 10.2 Å². The second-order valence-corrected chi connectivity index (χ2v) is 12.3. The number of ether oxygens (including phenoxy) is 1. The van der Waals surface area contributed by atoms with Crippen LogP contribution in [0.4, 0.5) is 5.69 Å². The number of nitrogens with one attached hydrogen (secondary N) is 1. The first-order chi connectivity index (χ1) is 18.9. The molecule has 1 atom stereocenters. The molecule has 1 N–H and O–H groups in total. The van der Waals surface area contributed by atoms with Crippen molar-refractivity contribution in [3.05, 3.63) is 88.4 Å². The van der Waals surface area contributed by atoms with E-state index in [4.69, 9.17) is 27.9 Å². The highest BCUT2D eigenvalue weighted by atomic mass is 35.5. The molecule has 0 aliphatic rings. The van der Waals surface area contributed by atoms with Crippen LogP contribution in [0.2, 0.25) is 10.0 Å². The molecule has 0 saturated heterocycles. The molecule has 2 amide bonds. The quantitative estimate of drug-likeness (QED) is 0.299. The predicted octanol–water partition coefficient (Wildman–Crippen LogP) is 5.39. The van der Waals surface area contributed by atoms with Crippen molar-refractivity contribution >= 4 is 50.7 Å². The summed E-state index contributed by atoms with van der Waals surface area (Å²) < 4.78 is 33.8. The third kappa shape index (κ3) is 7.90. The van der Waals surface area contributed by atoms with Gasteiger partial charge in [-0.3, -0.25) is 13.9 Å². The lowest BCUT2D eigenvalue weighted by Crippen LogP contribution is -2.51. The molecule has 214 valence electrons. The van der Waals surface area contributed by atoms with Crippen LogP contribution >= 0.6 is 23.2 Å². The van der Waals surface area contributed by atoms with E-state index in [-0.39, 0.29) is 29.0 Å². The number of methoxy groups -OCH3 is 1. The molecular weight excluding hydrogens is 573 g/mol. The smallest absolute Gasteiger partial charge is 0.264 e. The summed E-state index contributed by atoms with van der Waals surface area (Å²) in [7, 11) is -2.65. The fraction of sp³-hybridized carbons (Fsp3) is 0.310. The number of nitrogens with zero attached hydrogens (tertiary/aromatic N) is 2. The molecule has 0 spiro atoms. The summed E-state index contributed by atoms with van der Waals surface area (Å²) in [4.78, 5) is 28.3. The van der Waals surface area contributed by atoms with Crippen LogP contribution in [0.5, 0.6) is 5.75 Å². The van der Waals surface area contributed by atoms with Gasteiger partial charge in [0.05, 0.1) is 27.7 Å². The maximum Gasteiger partial charge on any atom is 0.264 e. The number of amides is 2. The van der Waals surface area contributed by atoms with E-state index in [0.29, 0.717) is 27.9 Å². The minimum absolute atomic E-state index is 0.00776. The number of rotatable bonds is 12. The van der Waals surface area contributed by atoms with Gasteiger partial charge in [0.2, 0.25) is 11.8 Å². The van der Waals surface area contributed by atoms with Gasteiger partial charge in [-0.1, -0.05) is 61.3 Å². The van der Waals surface area contributed by atoms with E-state index >= 15 is 0 Å². The van der Waals surface area contributed by atoms with Gasteiger partial charge >= 0.3 is 0 Å². The Balaban J connectivity index is 2.01. The molecule has 0 saturated carbocycles. The minimum atomic E-state index is -4.15. The lowest BCUT2D eigenvalue weighted by molar-refractivity contribution is -0.139. The first-order valence-electron chi connectivity index (χ1n) is 12.7. The molecule has 8 nitrogen and oxygen atoms in total. The molecule has 0 unspecified atom stereocenters. The Hall–Kier alpha value is -3.27. The van der Waals surface area contributed by atoms with Gasteiger partial charge in [0.25, 0.3) is 10.0 Å². The molecule has 0 aromatic heterocycles. The van der Waals surface area contributed by atoms with E-state index in [1.54, 1.807) is 67.6 Å². The molecular formula is C29H33Cl2N3O5S. The van der Waals surface area contributed by atoms with Crippen molar-refractivity contribution in [1.29, 1.82) is 0 Å². The second-order valence-electron chi connectivity index (χ2n) is 9.61. The third-order valence-corrected chi connectivity index (χ3v) is 8.69. The van der Waals surface area contributed by atoms with Crippen LogP contribution in [0.3, 0.4) is 0 Å². The van der Waals surface area contributed by atoms with E-state index in [1.165, 1.54) is 24.1 Å². The number of benzene rings is 3. The Bertz CT molecular complexity index is 1420. The Labute approximate surface area is 245 Å². The lowest BCUT2D eigenvalue weighted by Gasteiger charge is -2.32. The average Bonchev–Trinajstić information content (AvgIpc) is 2.95. The van der Waals surface area contributed by atoms with Gasteiger partial charge in [0.1, 0.15) is 18.3 Å². The van der Waals surface area contributed by atoms with Crippen molar-refractivity contribution in [2.45, 2.75) is 38.3 Å². The van der Waals surface area contributed by atoms with E-state index in [0.717, 1.165) is 4.31 Å². The van der Waals surface area contributed by atoms with Crippen molar-refractivity contribution in [2.24, 2.45) is 5.92 Å². The first kappa shape index (κ1) is 31.3. The number of anilines is 1. The van der Waals surface area contributed by atoms with Crippen LogP contribution in [-0.4, -0.2) is 51.4 Å². The Morgan fingerprint density at radius 1 is 0.925 bits per heavy atom. The predicted molar refractivity (Wildman–Crippen MR) is 158 cm³/mol. The molecule has 3 aromatic rings. The summed E-state index contributed by atoms with van der Waals surface area (Å²) in [5, 5.41) is 3.50. The summed E-state index contributed by atoms with van der Waals surface area (Å²) in [6.45, 7) is 5.42. The Kier molecular flexibility index (Phi) is 10.8. The molecule has 0 aliphatic carbocycles. The van der Waals surface area contributed by atoms with Crippen LogP contribution in [0.25, 0.3) is 0 Å². The van der Waals surface area contributed by atoms with Gasteiger partial charge in [-0.05, 0) is 66.9 Å². The topological polar surface area (TPSA) is 96.0 Å². The van der Waals surface area contributed by atoms with Crippen LogP contribution < -0.4 is 14.4 Å². The number of hydrogen-bond acceptors (Lipinski definition) is 5. The summed E-state index contributed by atoms with van der Waals surface area (Å²) in [5.41, 5.74) is 0.901. The molecule has 3 rings (SSSR count). The molecule has 11 heteroatoms. The van der Waals surface area contributed by atoms with Gasteiger partial charge in [-0.2, -0.15) is 0 Å². The largest absolute Gasteiger partial charge is 0.497 e. The van der Waals surface area contributed by atoms with Crippen molar-refractivity contribution in [3.8, 4) is 5.75 Å². The summed E-state index contributed by atoms with van der Waals surface area (Å²) >= 11 is 12.3. The molecule has 0 bridgehead atoms. The molecule has 0 radical (unpaired) electrons. The number of sulfonamides is 1. The minimum Gasteiger partial charge on any atom is -0.497 e. The lowest BCUT2D eigenvalue weighted by atomic mass is 10.1. The SMILES string of the molecule is COc1ccc(N(CC(=O)N(Cc2ccc(Cl)c(Cl)c2)[C@H](C)C(=O)NCC(C)C)S(=O)(=O)c2ccccc2)cc1. The van der Waals surface area contributed by atoms with Crippen molar-refractivity contribution in [2.75, 3.05) is 24.5 Å². The second kappa shape index (κ2) is 13.9. The molecule has 0 fully saturated rings. The molecule has 0 aliphatic heterocycles. The Morgan fingerprint density at radius 3 is 2.15 bits per heavy atom. The highest BCUT2D eigenvalue weighted by Gasteiger charge is 2.32. The number of carbonyl (C=O) groups excluding carboxylic acids is 2. The maximum absolute atomic E-state index is 13.9. The zero-order chi connectivity index (χ0) is 29.4. The molecule has 40 heavy (non-hydrogen) atoms. The summed E-state index contributed by atoms with van der Waals surface area (Å²) in [6, 6.07) is 18.2. The summed E-state index contributed by atoms with van der Waals surface area (Å²) in [6.07, 6.45) is 0. The number of halogens is 2. The third-order valence-electron chi connectivity index (χ3n) is 6.16. The van der Waals surface area contributed by atoms with Gasteiger partial charge in [0, 0.05) is 13.1 Å². The van der Waals surface area contributed by atoms with Crippen molar-refractivity contribution in [3.63, 3.8) is 0 Å². The van der Waals surface area contributed by atoms with E-state index in [1.807, 2.05) is 13.8 Å². The zero-order valence-corrected chi connectivity index (χ0v) is 25.1. The van der Waals surface area contributed by atoms with E-state index in [2.05, 4.69) is 5.32 Å². The fourth-order valence-electron chi connectivity index (χ4n) is 3.87. The number of carbonyl (C=O) groups is 2. The standard InChI is InChI=1S/C29H33Cl2N3O5S/c1-20(2)17-32-29(36)21(3)33(18-22-10-15-26(30)27(31)16-22)28(35)19-34(23-11-13-24(39-4)14-12-23)40(37,38)25-8-6-5-7-9-25/h5-16,20-21H,17-19H2,1-4H3,(H,32,36)/t21-/m1/s1. The monoisotopic (exact) mass is 605 g/mol. The van der Waals surface area contributed by atoms with Crippen LogP contribution in [0.1, 0.15) is 26.3 Å². The fourth-order valence-corrected chi connectivity index (χ4v) is 5.62. The van der Waals surface area contributed by atoms with Gasteiger partial charge in [-0.25, -0.2) is 8.42 Å². The van der Waals surface area contributed by atoms with Crippen LogP contribution in [0.15, 0.2) is 77.7 Å². The van der Waals surface area contributed by atoms with Crippen LogP contribution in [0, 0.1) is 5.92 Å². The van der Waals surface area contributed by atoms with Gasteiger partial charge < -0.3 is 15.0 Å². The average molecular weight is 607 g/mol. The normalized spacial score (nSPS) is 12.1. The highest BCUT2D eigenvalue weighted by Crippen LogP contribution is 2.27. The van der Waals surface area contributed by atoms with Crippen molar-refractivity contribution < 1.29 is 22.7 Å². The van der Waals surface area contributed by atoms with E-state index < -0.39 is 28.5 Å². The highest BCUT2D eigenvalue weighted by molar-refractivity contribution is 7.92. The number of hydrogen-bond donors (Lipinski definition) is 1. The zero-order valence-electron chi connectivity index (χ0n) is 22.8.